The molecular formula is C15H18BrNS. The molecule has 18 heavy (non-hydrogen) atoms. The maximum Gasteiger partial charge on any atom is 0.0702 e. The fourth-order valence-corrected chi connectivity index (χ4v) is 3.34. The van der Waals surface area contributed by atoms with Gasteiger partial charge in [-0.25, -0.2) is 0 Å². The zero-order chi connectivity index (χ0) is 13.2. The van der Waals surface area contributed by atoms with Crippen LogP contribution in [0.3, 0.4) is 0 Å². The predicted octanol–water partition coefficient (Wildman–Crippen LogP) is 5.42. The Hall–Kier alpha value is -0.800. The molecule has 2 aromatic rings. The van der Waals surface area contributed by atoms with Gasteiger partial charge in [-0.2, -0.15) is 0 Å². The molecule has 0 unspecified atom stereocenters. The van der Waals surface area contributed by atoms with Crippen molar-refractivity contribution < 1.29 is 0 Å². The summed E-state index contributed by atoms with van der Waals surface area (Å²) in [5.74, 6) is 0. The first-order chi connectivity index (χ1) is 8.47. The predicted molar refractivity (Wildman–Crippen MR) is 84.5 cm³/mol. The molecule has 0 fully saturated rings. The summed E-state index contributed by atoms with van der Waals surface area (Å²) in [4.78, 5) is 1.34. The first-order valence-corrected chi connectivity index (χ1v) is 7.65. The normalized spacial score (nSPS) is 11.6. The van der Waals surface area contributed by atoms with Crippen LogP contribution in [-0.2, 0) is 12.0 Å². The van der Waals surface area contributed by atoms with E-state index < -0.39 is 0 Å². The van der Waals surface area contributed by atoms with Crippen LogP contribution in [0.25, 0.3) is 0 Å². The van der Waals surface area contributed by atoms with Gasteiger partial charge in [0.25, 0.3) is 0 Å². The Morgan fingerprint density at radius 2 is 1.83 bits per heavy atom. The average molecular weight is 324 g/mol. The van der Waals surface area contributed by atoms with Crippen molar-refractivity contribution in [3.8, 4) is 0 Å². The monoisotopic (exact) mass is 323 g/mol. The molecule has 0 bridgehead atoms. The van der Waals surface area contributed by atoms with E-state index in [1.807, 2.05) is 0 Å². The number of benzene rings is 1. The first-order valence-electron chi connectivity index (χ1n) is 6.04. The zero-order valence-corrected chi connectivity index (χ0v) is 13.4. The van der Waals surface area contributed by atoms with Crippen LogP contribution in [0.15, 0.2) is 40.2 Å². The van der Waals surface area contributed by atoms with E-state index in [2.05, 4.69) is 78.4 Å². The van der Waals surface area contributed by atoms with Crippen LogP contribution in [0, 0.1) is 0 Å². The Labute approximate surface area is 121 Å². The molecule has 2 rings (SSSR count). The number of rotatable bonds is 3. The number of hydrogen-bond acceptors (Lipinski definition) is 2. The van der Waals surface area contributed by atoms with Crippen molar-refractivity contribution in [2.75, 3.05) is 5.32 Å². The topological polar surface area (TPSA) is 12.0 Å². The molecule has 0 saturated heterocycles. The van der Waals surface area contributed by atoms with Crippen molar-refractivity contribution in [3.05, 3.63) is 50.6 Å². The Kier molecular flexibility index (Phi) is 4.13. The first kappa shape index (κ1) is 13.6. The van der Waals surface area contributed by atoms with E-state index in [1.54, 1.807) is 11.3 Å². The Morgan fingerprint density at radius 3 is 2.44 bits per heavy atom. The van der Waals surface area contributed by atoms with E-state index in [0.29, 0.717) is 0 Å². The number of anilines is 1. The summed E-state index contributed by atoms with van der Waals surface area (Å²) >= 11 is 5.27. The third-order valence-electron chi connectivity index (χ3n) is 2.82. The number of nitrogens with one attached hydrogen (secondary N) is 1. The number of thiophene rings is 1. The SMILES string of the molecule is CC(C)(C)c1ccccc1NCc1ccc(Br)s1. The van der Waals surface area contributed by atoms with Crippen molar-refractivity contribution in [1.82, 2.24) is 0 Å². The van der Waals surface area contributed by atoms with Gasteiger partial charge in [0.15, 0.2) is 0 Å². The lowest BCUT2D eigenvalue weighted by molar-refractivity contribution is 0.591. The van der Waals surface area contributed by atoms with E-state index in [0.717, 1.165) is 6.54 Å². The van der Waals surface area contributed by atoms with Crippen LogP contribution in [0.2, 0.25) is 0 Å². The maximum absolute atomic E-state index is 3.54. The second kappa shape index (κ2) is 5.45. The smallest absolute Gasteiger partial charge is 0.0702 e. The highest BCUT2D eigenvalue weighted by Gasteiger charge is 2.17. The van der Waals surface area contributed by atoms with Crippen LogP contribution in [0.1, 0.15) is 31.2 Å². The molecule has 96 valence electrons. The zero-order valence-electron chi connectivity index (χ0n) is 11.0. The summed E-state index contributed by atoms with van der Waals surface area (Å²) < 4.78 is 1.18. The van der Waals surface area contributed by atoms with Crippen molar-refractivity contribution in [1.29, 1.82) is 0 Å². The molecule has 0 aliphatic rings. The molecule has 0 spiro atoms. The highest BCUT2D eigenvalue weighted by Crippen LogP contribution is 2.30. The van der Waals surface area contributed by atoms with Gasteiger partial charge in [0, 0.05) is 17.1 Å². The van der Waals surface area contributed by atoms with Crippen molar-refractivity contribution in [2.45, 2.75) is 32.7 Å². The summed E-state index contributed by atoms with van der Waals surface area (Å²) in [5.41, 5.74) is 2.76. The molecule has 0 atom stereocenters. The Bertz CT molecular complexity index is 525. The van der Waals surface area contributed by atoms with Crippen LogP contribution >= 0.6 is 27.3 Å². The molecule has 1 heterocycles. The van der Waals surface area contributed by atoms with Gasteiger partial charge < -0.3 is 5.32 Å². The highest BCUT2D eigenvalue weighted by atomic mass is 79.9. The number of halogens is 1. The number of para-hydroxylation sites is 1. The van der Waals surface area contributed by atoms with E-state index in [9.17, 15) is 0 Å². The minimum Gasteiger partial charge on any atom is -0.380 e. The van der Waals surface area contributed by atoms with Crippen LogP contribution in [-0.4, -0.2) is 0 Å². The van der Waals surface area contributed by atoms with E-state index in [4.69, 9.17) is 0 Å². The Morgan fingerprint density at radius 1 is 1.11 bits per heavy atom. The van der Waals surface area contributed by atoms with Gasteiger partial charge >= 0.3 is 0 Å². The quantitative estimate of drug-likeness (QED) is 0.795. The van der Waals surface area contributed by atoms with Gasteiger partial charge in [-0.3, -0.25) is 0 Å². The second-order valence-corrected chi connectivity index (χ2v) is 7.90. The van der Waals surface area contributed by atoms with Crippen LogP contribution < -0.4 is 5.32 Å². The van der Waals surface area contributed by atoms with Gasteiger partial charge in [-0.1, -0.05) is 39.0 Å². The standard InChI is InChI=1S/C15H18BrNS/c1-15(2,3)12-6-4-5-7-13(12)17-10-11-8-9-14(16)18-11/h4-9,17H,10H2,1-3H3. The summed E-state index contributed by atoms with van der Waals surface area (Å²) in [5, 5.41) is 3.54. The molecule has 1 aromatic carbocycles. The third kappa shape index (κ3) is 3.36. The van der Waals surface area contributed by atoms with Gasteiger partial charge in [-0.15, -0.1) is 11.3 Å². The molecule has 1 N–H and O–H groups in total. The van der Waals surface area contributed by atoms with Crippen molar-refractivity contribution in [3.63, 3.8) is 0 Å². The minimum atomic E-state index is 0.166. The average Bonchev–Trinajstić information content (AvgIpc) is 2.72. The summed E-state index contributed by atoms with van der Waals surface area (Å²) in [6.45, 7) is 7.61. The lowest BCUT2D eigenvalue weighted by Gasteiger charge is -2.23. The molecule has 0 aliphatic carbocycles. The van der Waals surface area contributed by atoms with Gasteiger partial charge in [0.2, 0.25) is 0 Å². The highest BCUT2D eigenvalue weighted by molar-refractivity contribution is 9.11. The molecule has 1 nitrogen and oxygen atoms in total. The second-order valence-electron chi connectivity index (χ2n) is 5.35. The van der Waals surface area contributed by atoms with E-state index in [1.165, 1.54) is 19.9 Å². The third-order valence-corrected chi connectivity index (χ3v) is 4.44. The number of hydrogen-bond donors (Lipinski definition) is 1. The van der Waals surface area contributed by atoms with Gasteiger partial charge in [0.05, 0.1) is 3.79 Å². The van der Waals surface area contributed by atoms with Crippen LogP contribution in [0.5, 0.6) is 0 Å². The largest absolute Gasteiger partial charge is 0.380 e. The fraction of sp³-hybridized carbons (Fsp3) is 0.333. The summed E-state index contributed by atoms with van der Waals surface area (Å²) in [6.07, 6.45) is 0. The van der Waals surface area contributed by atoms with Gasteiger partial charge in [0.1, 0.15) is 0 Å². The molecule has 0 aliphatic heterocycles. The molecule has 0 amide bonds. The van der Waals surface area contributed by atoms with Crippen LogP contribution in [0.4, 0.5) is 5.69 Å². The molecule has 0 radical (unpaired) electrons. The summed E-state index contributed by atoms with van der Waals surface area (Å²) in [6, 6.07) is 12.8. The Balaban J connectivity index is 2.14. The summed E-state index contributed by atoms with van der Waals surface area (Å²) in [7, 11) is 0. The lowest BCUT2D eigenvalue weighted by Crippen LogP contribution is -2.14. The molecule has 3 heteroatoms. The van der Waals surface area contributed by atoms with E-state index in [-0.39, 0.29) is 5.41 Å². The molecule has 1 aromatic heterocycles. The molecular weight excluding hydrogens is 306 g/mol. The minimum absolute atomic E-state index is 0.166. The van der Waals surface area contributed by atoms with Crippen molar-refractivity contribution in [2.24, 2.45) is 0 Å². The van der Waals surface area contributed by atoms with Gasteiger partial charge in [-0.05, 0) is 45.1 Å². The van der Waals surface area contributed by atoms with Crippen molar-refractivity contribution >= 4 is 33.0 Å². The fourth-order valence-electron chi connectivity index (χ4n) is 1.92. The molecule has 0 saturated carbocycles. The maximum atomic E-state index is 3.54. The lowest BCUT2D eigenvalue weighted by atomic mass is 9.86. The van der Waals surface area contributed by atoms with E-state index >= 15 is 0 Å².